The summed E-state index contributed by atoms with van der Waals surface area (Å²) in [5.74, 6) is 0. The van der Waals surface area contributed by atoms with Gasteiger partial charge in [-0.1, -0.05) is 6.58 Å². The van der Waals surface area contributed by atoms with E-state index in [2.05, 4.69) is 11.6 Å². The maximum Gasteiger partial charge on any atom is 0.0315 e. The lowest BCUT2D eigenvalue weighted by atomic mass is 10.2. The van der Waals surface area contributed by atoms with E-state index in [9.17, 15) is 0 Å². The molecule has 0 spiro atoms. The molecule has 1 aromatic rings. The van der Waals surface area contributed by atoms with Gasteiger partial charge in [-0.15, -0.1) is 0 Å². The van der Waals surface area contributed by atoms with Crippen LogP contribution in [0.25, 0.3) is 5.70 Å². The van der Waals surface area contributed by atoms with Crippen LogP contribution in [0.3, 0.4) is 0 Å². The molecule has 0 atom stereocenters. The van der Waals surface area contributed by atoms with E-state index in [0.29, 0.717) is 5.70 Å². The minimum absolute atomic E-state index is 0.581. The fraction of sp³-hybridized carbons (Fsp3) is 0. The van der Waals surface area contributed by atoms with Crippen LogP contribution in [-0.4, -0.2) is 4.98 Å². The Hall–Kier alpha value is -1.31. The lowest BCUT2D eigenvalue weighted by Gasteiger charge is -1.94. The third kappa shape index (κ3) is 1.29. The number of nitrogens with zero attached hydrogens (tertiary/aromatic N) is 1. The van der Waals surface area contributed by atoms with Gasteiger partial charge in [0.25, 0.3) is 0 Å². The molecule has 0 radical (unpaired) electrons. The van der Waals surface area contributed by atoms with Gasteiger partial charge in [0.1, 0.15) is 0 Å². The van der Waals surface area contributed by atoms with Gasteiger partial charge >= 0.3 is 0 Å². The predicted molar refractivity (Wildman–Crippen MR) is 37.5 cm³/mol. The summed E-state index contributed by atoms with van der Waals surface area (Å²) in [6.45, 7) is 3.58. The van der Waals surface area contributed by atoms with Crippen molar-refractivity contribution < 1.29 is 0 Å². The summed E-state index contributed by atoms with van der Waals surface area (Å²) >= 11 is 0. The topological polar surface area (TPSA) is 38.9 Å². The van der Waals surface area contributed by atoms with Gasteiger partial charge in [-0.05, 0) is 17.7 Å². The number of rotatable bonds is 1. The van der Waals surface area contributed by atoms with Crippen molar-refractivity contribution in [2.75, 3.05) is 0 Å². The van der Waals surface area contributed by atoms with Crippen LogP contribution in [0.5, 0.6) is 0 Å². The third-order valence-electron chi connectivity index (χ3n) is 1.05. The highest BCUT2D eigenvalue weighted by Crippen LogP contribution is 2.01. The van der Waals surface area contributed by atoms with E-state index in [1.165, 1.54) is 0 Å². The normalized spacial score (nSPS) is 8.89. The van der Waals surface area contributed by atoms with Crippen LogP contribution in [0.1, 0.15) is 5.56 Å². The molecule has 0 aromatic carbocycles. The van der Waals surface area contributed by atoms with Crippen LogP contribution in [-0.2, 0) is 0 Å². The molecule has 0 saturated heterocycles. The smallest absolute Gasteiger partial charge is 0.0315 e. The van der Waals surface area contributed by atoms with Gasteiger partial charge in [0, 0.05) is 18.1 Å². The van der Waals surface area contributed by atoms with Gasteiger partial charge in [0.2, 0.25) is 0 Å². The number of nitrogens with two attached hydrogens (primary N) is 1. The SMILES string of the molecule is C=C(N)c1ccncc1. The van der Waals surface area contributed by atoms with Crippen molar-refractivity contribution in [2.24, 2.45) is 5.73 Å². The van der Waals surface area contributed by atoms with Crippen molar-refractivity contribution in [1.29, 1.82) is 0 Å². The zero-order chi connectivity index (χ0) is 6.69. The molecule has 0 unspecified atom stereocenters. The van der Waals surface area contributed by atoms with Gasteiger partial charge < -0.3 is 5.73 Å². The molecule has 0 amide bonds. The van der Waals surface area contributed by atoms with Crippen LogP contribution < -0.4 is 5.73 Å². The Morgan fingerprint density at radius 2 is 2.00 bits per heavy atom. The quantitative estimate of drug-likeness (QED) is 0.600. The second kappa shape index (κ2) is 2.31. The zero-order valence-electron chi connectivity index (χ0n) is 5.04. The van der Waals surface area contributed by atoms with Crippen LogP contribution in [0.4, 0.5) is 0 Å². The Morgan fingerprint density at radius 3 is 2.33 bits per heavy atom. The number of hydrogen-bond donors (Lipinski definition) is 1. The van der Waals surface area contributed by atoms with E-state index < -0.39 is 0 Å². The van der Waals surface area contributed by atoms with Crippen LogP contribution >= 0.6 is 0 Å². The van der Waals surface area contributed by atoms with E-state index in [4.69, 9.17) is 5.73 Å². The Labute approximate surface area is 54.0 Å². The number of hydrogen-bond acceptors (Lipinski definition) is 2. The van der Waals surface area contributed by atoms with Gasteiger partial charge in [-0.3, -0.25) is 4.98 Å². The minimum atomic E-state index is 0.581. The molecule has 1 aromatic heterocycles. The van der Waals surface area contributed by atoms with Crippen LogP contribution in [0, 0.1) is 0 Å². The largest absolute Gasteiger partial charge is 0.399 e. The van der Waals surface area contributed by atoms with Gasteiger partial charge in [0.05, 0.1) is 0 Å². The molecule has 2 nitrogen and oxygen atoms in total. The highest BCUT2D eigenvalue weighted by atomic mass is 14.6. The molecule has 0 aliphatic heterocycles. The first kappa shape index (κ1) is 5.82. The van der Waals surface area contributed by atoms with Gasteiger partial charge in [-0.2, -0.15) is 0 Å². The van der Waals surface area contributed by atoms with E-state index >= 15 is 0 Å². The lowest BCUT2D eigenvalue weighted by Crippen LogP contribution is -1.92. The van der Waals surface area contributed by atoms with E-state index in [1.54, 1.807) is 12.4 Å². The fourth-order valence-electron chi connectivity index (χ4n) is 0.566. The molecule has 0 aliphatic rings. The maximum absolute atomic E-state index is 5.39. The monoisotopic (exact) mass is 120 g/mol. The molecule has 9 heavy (non-hydrogen) atoms. The number of pyridine rings is 1. The Bertz CT molecular complexity index is 203. The zero-order valence-corrected chi connectivity index (χ0v) is 5.04. The Balaban J connectivity index is 2.98. The summed E-state index contributed by atoms with van der Waals surface area (Å²) in [5.41, 5.74) is 6.91. The van der Waals surface area contributed by atoms with E-state index in [-0.39, 0.29) is 0 Å². The Kier molecular flexibility index (Phi) is 1.49. The summed E-state index contributed by atoms with van der Waals surface area (Å²) in [6, 6.07) is 3.64. The first-order valence-corrected chi connectivity index (χ1v) is 2.65. The highest BCUT2D eigenvalue weighted by Gasteiger charge is 1.87. The molecule has 2 N–H and O–H groups in total. The molecule has 1 heterocycles. The van der Waals surface area contributed by atoms with Crippen LogP contribution in [0.2, 0.25) is 0 Å². The van der Waals surface area contributed by atoms with E-state index in [0.717, 1.165) is 5.56 Å². The first-order chi connectivity index (χ1) is 4.30. The summed E-state index contributed by atoms with van der Waals surface area (Å²) in [4.78, 5) is 3.83. The number of aromatic nitrogens is 1. The summed E-state index contributed by atoms with van der Waals surface area (Å²) < 4.78 is 0. The molecule has 1 rings (SSSR count). The second-order valence-electron chi connectivity index (χ2n) is 1.76. The molecule has 2 heteroatoms. The minimum Gasteiger partial charge on any atom is -0.399 e. The van der Waals surface area contributed by atoms with Crippen molar-refractivity contribution >= 4 is 5.70 Å². The lowest BCUT2D eigenvalue weighted by molar-refractivity contribution is 1.31. The second-order valence-corrected chi connectivity index (χ2v) is 1.76. The molecule has 0 bridgehead atoms. The molecule has 0 fully saturated rings. The van der Waals surface area contributed by atoms with E-state index in [1.807, 2.05) is 12.1 Å². The summed E-state index contributed by atoms with van der Waals surface area (Å²) in [6.07, 6.45) is 3.38. The molecule has 46 valence electrons. The predicted octanol–water partition coefficient (Wildman–Crippen LogP) is 1.01. The van der Waals surface area contributed by atoms with Gasteiger partial charge in [0.15, 0.2) is 0 Å². The maximum atomic E-state index is 5.39. The fourth-order valence-corrected chi connectivity index (χ4v) is 0.566. The van der Waals surface area contributed by atoms with Gasteiger partial charge in [-0.25, -0.2) is 0 Å². The van der Waals surface area contributed by atoms with Crippen molar-refractivity contribution in [3.05, 3.63) is 36.7 Å². The average molecular weight is 120 g/mol. The van der Waals surface area contributed by atoms with Crippen molar-refractivity contribution in [2.45, 2.75) is 0 Å². The highest BCUT2D eigenvalue weighted by molar-refractivity contribution is 5.59. The average Bonchev–Trinajstić information content (AvgIpc) is 1.90. The molecular weight excluding hydrogens is 112 g/mol. The standard InChI is InChI=1S/C7H8N2/c1-6(8)7-2-4-9-5-3-7/h2-5H,1,8H2. The molecule has 0 aliphatic carbocycles. The summed E-state index contributed by atoms with van der Waals surface area (Å²) in [5, 5.41) is 0. The summed E-state index contributed by atoms with van der Waals surface area (Å²) in [7, 11) is 0. The van der Waals surface area contributed by atoms with Crippen LogP contribution in [0.15, 0.2) is 31.1 Å². The molecule has 0 saturated carbocycles. The van der Waals surface area contributed by atoms with Crippen molar-refractivity contribution in [1.82, 2.24) is 4.98 Å². The molecular formula is C7H8N2. The van der Waals surface area contributed by atoms with Crippen molar-refractivity contribution in [3.63, 3.8) is 0 Å². The van der Waals surface area contributed by atoms with Crippen molar-refractivity contribution in [3.8, 4) is 0 Å². The Morgan fingerprint density at radius 1 is 1.44 bits per heavy atom. The first-order valence-electron chi connectivity index (χ1n) is 2.65. The third-order valence-corrected chi connectivity index (χ3v) is 1.05.